The van der Waals surface area contributed by atoms with Crippen molar-refractivity contribution in [1.82, 2.24) is 0 Å². The molecule has 0 saturated heterocycles. The van der Waals surface area contributed by atoms with Gasteiger partial charge in [-0.15, -0.1) is 0 Å². The number of aliphatic hydroxyl groups excluding tert-OH is 1. The van der Waals surface area contributed by atoms with Crippen molar-refractivity contribution in [2.45, 2.75) is 226 Å². The predicted molar refractivity (Wildman–Crippen MR) is 297 cm³/mol. The van der Waals surface area contributed by atoms with Crippen LogP contribution < -0.4 is 0 Å². The number of hydrogen-bond acceptors (Lipinski definition) is 10. The number of phosphoric ester groups is 1. The van der Waals surface area contributed by atoms with Gasteiger partial charge >= 0.3 is 25.7 Å². The maximum atomic E-state index is 12.9. The number of carbonyl (C=O) groups is 3. The molecule has 0 aromatic carbocycles. The van der Waals surface area contributed by atoms with Gasteiger partial charge in [0, 0.05) is 19.3 Å². The number of carbonyl (C=O) groups excluding carboxylic acids is 3. The molecule has 0 rings (SSSR count). The van der Waals surface area contributed by atoms with Crippen molar-refractivity contribution in [2.75, 3.05) is 26.4 Å². The van der Waals surface area contributed by atoms with Crippen LogP contribution in [0, 0.1) is 0 Å². The molecule has 0 aromatic rings. The van der Waals surface area contributed by atoms with Crippen LogP contribution in [0.5, 0.6) is 0 Å². The van der Waals surface area contributed by atoms with Gasteiger partial charge in [-0.25, -0.2) is 4.57 Å². The second-order valence-electron chi connectivity index (χ2n) is 18.0. The van der Waals surface area contributed by atoms with Gasteiger partial charge in [0.1, 0.15) is 12.7 Å². The molecule has 0 heterocycles. The van der Waals surface area contributed by atoms with E-state index in [1.54, 1.807) is 0 Å². The van der Waals surface area contributed by atoms with Crippen LogP contribution in [0.4, 0.5) is 0 Å². The van der Waals surface area contributed by atoms with Gasteiger partial charge in [-0.2, -0.15) is 0 Å². The summed E-state index contributed by atoms with van der Waals surface area (Å²) in [6, 6.07) is 0. The minimum absolute atomic E-state index is 0.0804. The summed E-state index contributed by atoms with van der Waals surface area (Å²) in [6.45, 7) is 4.28. The molecule has 410 valence electrons. The summed E-state index contributed by atoms with van der Waals surface area (Å²) in [4.78, 5) is 48.4. The van der Waals surface area contributed by atoms with Crippen LogP contribution in [-0.4, -0.2) is 66.5 Å². The van der Waals surface area contributed by atoms with E-state index in [-0.39, 0.29) is 25.9 Å². The molecule has 3 unspecified atom stereocenters. The molecule has 0 aliphatic rings. The van der Waals surface area contributed by atoms with Crippen LogP contribution in [0.3, 0.4) is 0 Å². The van der Waals surface area contributed by atoms with Gasteiger partial charge in [0.2, 0.25) is 0 Å². The van der Waals surface area contributed by atoms with Crippen LogP contribution in [0.25, 0.3) is 0 Å². The Balaban J connectivity index is 4.88. The van der Waals surface area contributed by atoms with Gasteiger partial charge in [0.05, 0.1) is 19.8 Å². The lowest BCUT2D eigenvalue weighted by atomic mass is 10.1. The Morgan fingerprint density at radius 3 is 1.19 bits per heavy atom. The Morgan fingerprint density at radius 2 is 0.736 bits per heavy atom. The average Bonchev–Trinajstić information content (AvgIpc) is 3.37. The summed E-state index contributed by atoms with van der Waals surface area (Å²) in [7, 11) is -4.78. The lowest BCUT2D eigenvalue weighted by Gasteiger charge is -2.21. The van der Waals surface area contributed by atoms with E-state index in [1.807, 2.05) is 12.2 Å². The zero-order valence-corrected chi connectivity index (χ0v) is 46.0. The highest BCUT2D eigenvalue weighted by molar-refractivity contribution is 7.47. The van der Waals surface area contributed by atoms with Gasteiger partial charge in [-0.1, -0.05) is 188 Å². The third-order valence-corrected chi connectivity index (χ3v) is 12.1. The molecular weight excluding hydrogens is 928 g/mol. The van der Waals surface area contributed by atoms with E-state index < -0.39 is 57.8 Å². The number of phosphoric acid groups is 1. The molecule has 0 bridgehead atoms. The number of rotatable bonds is 50. The fourth-order valence-electron chi connectivity index (χ4n) is 6.99. The van der Waals surface area contributed by atoms with Gasteiger partial charge in [0.25, 0.3) is 0 Å². The van der Waals surface area contributed by atoms with E-state index in [1.165, 1.54) is 38.5 Å². The van der Waals surface area contributed by atoms with E-state index >= 15 is 0 Å². The summed E-state index contributed by atoms with van der Waals surface area (Å²) in [6.07, 6.45) is 63.5. The van der Waals surface area contributed by atoms with Crippen LogP contribution in [0.15, 0.2) is 109 Å². The molecule has 0 amide bonds. The summed E-state index contributed by atoms with van der Waals surface area (Å²) >= 11 is 0. The van der Waals surface area contributed by atoms with Crippen molar-refractivity contribution >= 4 is 25.7 Å². The molecule has 72 heavy (non-hydrogen) atoms. The van der Waals surface area contributed by atoms with Crippen molar-refractivity contribution in [3.63, 3.8) is 0 Å². The molecule has 2 N–H and O–H groups in total. The third kappa shape index (κ3) is 51.1. The topological polar surface area (TPSA) is 155 Å². The molecule has 0 spiro atoms. The maximum absolute atomic E-state index is 12.9. The first-order valence-corrected chi connectivity index (χ1v) is 29.3. The van der Waals surface area contributed by atoms with Crippen LogP contribution in [-0.2, 0) is 42.2 Å². The number of unbranched alkanes of at least 4 members (excludes halogenated alkanes) is 15. The highest BCUT2D eigenvalue weighted by atomic mass is 31.2. The highest BCUT2D eigenvalue weighted by Crippen LogP contribution is 2.43. The normalized spacial score (nSPS) is 14.2. The first-order valence-electron chi connectivity index (χ1n) is 27.8. The Hall–Kier alpha value is -3.86. The standard InChI is InChI=1S/C60H99O11P/c1-4-7-10-13-16-19-22-25-27-28-30-33-36-39-42-45-48-51-60(64)71-57(53-67-58(62)49-46-43-40-37-34-32-29-26-23-20-17-14-11-8-5-2)55-69-72(65,66)68-54-56(52-61)70-59(63)50-47-44-41-38-35-31-24-21-18-15-12-9-6-3/h7,9-10,12,16,18-19,21,25-27,29-31,33,35,39,42,56-57,61H,4-6,8,11,13-15,17,20,22-24,28,32,34,36-38,40-41,43-55H2,1-3H3,(H,65,66)/b10-7-,12-9-,19-16-,21-18-,27-25-,29-26-,33-30-,35-31-,42-39-. The monoisotopic (exact) mass is 1030 g/mol. The van der Waals surface area contributed by atoms with E-state index in [0.29, 0.717) is 25.7 Å². The van der Waals surface area contributed by atoms with Crippen LogP contribution in [0.2, 0.25) is 0 Å². The van der Waals surface area contributed by atoms with Crippen molar-refractivity contribution in [3.8, 4) is 0 Å². The Labute approximate surface area is 437 Å². The first-order chi connectivity index (χ1) is 35.2. The Kier molecular flexibility index (Phi) is 50.6. The van der Waals surface area contributed by atoms with E-state index in [4.69, 9.17) is 23.3 Å². The molecule has 0 fully saturated rings. The van der Waals surface area contributed by atoms with Crippen LogP contribution >= 0.6 is 7.82 Å². The smallest absolute Gasteiger partial charge is 0.462 e. The fraction of sp³-hybridized carbons (Fsp3) is 0.650. The van der Waals surface area contributed by atoms with Gasteiger partial charge in [-0.05, 0) is 116 Å². The lowest BCUT2D eigenvalue weighted by Crippen LogP contribution is -2.30. The predicted octanol–water partition coefficient (Wildman–Crippen LogP) is 16.2. The zero-order valence-electron chi connectivity index (χ0n) is 45.1. The first kappa shape index (κ1) is 68.1. The summed E-state index contributed by atoms with van der Waals surface area (Å²) in [5.41, 5.74) is 0. The molecule has 0 aromatic heterocycles. The van der Waals surface area contributed by atoms with Crippen molar-refractivity contribution in [3.05, 3.63) is 109 Å². The van der Waals surface area contributed by atoms with Crippen molar-refractivity contribution < 1.29 is 52.2 Å². The number of ether oxygens (including phenoxy) is 3. The SMILES string of the molecule is CC/C=C\C/C=C\C/C=C\C/C=C\C/C=C\CCCC(=O)OC(COC(=O)CCCCCCC/C=C\CCCCCCCC)COP(=O)(O)OCC(CO)OC(=O)CCCCC/C=C\C/C=C\C/C=C\CC. The van der Waals surface area contributed by atoms with Gasteiger partial charge in [0.15, 0.2) is 6.10 Å². The van der Waals surface area contributed by atoms with Crippen LogP contribution in [0.1, 0.15) is 213 Å². The van der Waals surface area contributed by atoms with Crippen molar-refractivity contribution in [2.24, 2.45) is 0 Å². The number of hydrogen-bond donors (Lipinski definition) is 2. The third-order valence-electron chi connectivity index (χ3n) is 11.2. The van der Waals surface area contributed by atoms with E-state index in [0.717, 1.165) is 109 Å². The number of aliphatic hydroxyl groups is 1. The minimum atomic E-state index is -4.78. The molecule has 3 atom stereocenters. The molecule has 0 saturated carbocycles. The van der Waals surface area contributed by atoms with E-state index in [9.17, 15) is 28.9 Å². The average molecular weight is 1030 g/mol. The second kappa shape index (κ2) is 53.4. The second-order valence-corrected chi connectivity index (χ2v) is 19.4. The molecular formula is C60H99O11P. The van der Waals surface area contributed by atoms with E-state index in [2.05, 4.69) is 118 Å². The summed E-state index contributed by atoms with van der Waals surface area (Å²) < 4.78 is 39.4. The molecule has 0 radical (unpaired) electrons. The highest BCUT2D eigenvalue weighted by Gasteiger charge is 2.28. The lowest BCUT2D eigenvalue weighted by molar-refractivity contribution is -0.161. The Bertz CT molecular complexity index is 1620. The summed E-state index contributed by atoms with van der Waals surface area (Å²) in [5.74, 6) is -1.59. The number of allylic oxidation sites excluding steroid dienone is 18. The fourth-order valence-corrected chi connectivity index (χ4v) is 7.77. The maximum Gasteiger partial charge on any atom is 0.472 e. The largest absolute Gasteiger partial charge is 0.472 e. The Morgan fingerprint density at radius 1 is 0.403 bits per heavy atom. The minimum Gasteiger partial charge on any atom is -0.462 e. The van der Waals surface area contributed by atoms with Gasteiger partial charge in [-0.3, -0.25) is 23.4 Å². The molecule has 0 aliphatic heterocycles. The van der Waals surface area contributed by atoms with Gasteiger partial charge < -0.3 is 24.2 Å². The number of esters is 3. The van der Waals surface area contributed by atoms with Crippen molar-refractivity contribution in [1.29, 1.82) is 0 Å². The zero-order chi connectivity index (χ0) is 52.7. The molecule has 0 aliphatic carbocycles. The molecule has 11 nitrogen and oxygen atoms in total. The quantitative estimate of drug-likeness (QED) is 0.0197. The molecule has 12 heteroatoms. The summed E-state index contributed by atoms with van der Waals surface area (Å²) in [5, 5.41) is 9.79.